The van der Waals surface area contributed by atoms with E-state index in [0.717, 1.165) is 19.4 Å². The fourth-order valence-electron chi connectivity index (χ4n) is 1.93. The lowest BCUT2D eigenvalue weighted by Gasteiger charge is -2.17. The Bertz CT molecular complexity index is 191. The number of carbonyl (C=O) groups is 1. The second kappa shape index (κ2) is 10.6. The van der Waals surface area contributed by atoms with Gasteiger partial charge in [-0.3, -0.25) is 4.79 Å². The Morgan fingerprint density at radius 2 is 1.82 bits per heavy atom. The molecule has 0 heterocycles. The zero-order valence-corrected chi connectivity index (χ0v) is 11.8. The zero-order chi connectivity index (χ0) is 13.1. The van der Waals surface area contributed by atoms with E-state index in [1.165, 1.54) is 19.3 Å². The number of unbranched alkanes of at least 4 members (excludes halogenated alkanes) is 1. The van der Waals surface area contributed by atoms with Gasteiger partial charge in [0.15, 0.2) is 0 Å². The Hall–Kier alpha value is -0.570. The number of nitrogens with one attached hydrogen (secondary N) is 1. The van der Waals surface area contributed by atoms with Gasteiger partial charge in [0.2, 0.25) is 5.91 Å². The van der Waals surface area contributed by atoms with Crippen LogP contribution in [0.4, 0.5) is 0 Å². The second-order valence-corrected chi connectivity index (χ2v) is 4.93. The normalized spacial score (nSPS) is 14.4. The highest BCUT2D eigenvalue weighted by atomic mass is 16.1. The fourth-order valence-corrected chi connectivity index (χ4v) is 1.93. The Kier molecular flexibility index (Phi) is 10.2. The van der Waals surface area contributed by atoms with Crippen LogP contribution in [0.25, 0.3) is 0 Å². The molecule has 0 aromatic rings. The third-order valence-corrected chi connectivity index (χ3v) is 3.52. The van der Waals surface area contributed by atoms with Crippen LogP contribution in [0, 0.1) is 11.8 Å². The molecule has 0 aliphatic rings. The first kappa shape index (κ1) is 16.4. The molecule has 1 amide bonds. The Balaban J connectivity index is 3.79. The number of rotatable bonds is 10. The minimum absolute atomic E-state index is 0.164. The smallest absolute Gasteiger partial charge is 0.220 e. The lowest BCUT2D eigenvalue weighted by molar-refractivity contribution is -0.122. The van der Waals surface area contributed by atoms with E-state index in [0.29, 0.717) is 24.8 Å². The van der Waals surface area contributed by atoms with Crippen LogP contribution in [-0.2, 0) is 4.79 Å². The monoisotopic (exact) mass is 242 g/mol. The van der Waals surface area contributed by atoms with E-state index < -0.39 is 0 Å². The van der Waals surface area contributed by atoms with E-state index in [1.54, 1.807) is 0 Å². The van der Waals surface area contributed by atoms with E-state index in [-0.39, 0.29) is 5.91 Å². The summed E-state index contributed by atoms with van der Waals surface area (Å²) in [5, 5.41) is 3.05. The Labute approximate surface area is 107 Å². The molecule has 0 bridgehead atoms. The summed E-state index contributed by atoms with van der Waals surface area (Å²) in [5.74, 6) is 1.14. The summed E-state index contributed by atoms with van der Waals surface area (Å²) in [6, 6.07) is 0. The first-order chi connectivity index (χ1) is 8.17. The lowest BCUT2D eigenvalue weighted by Crippen LogP contribution is -2.31. The van der Waals surface area contributed by atoms with E-state index in [1.807, 2.05) is 0 Å². The molecule has 0 saturated carbocycles. The maximum Gasteiger partial charge on any atom is 0.220 e. The molecular formula is C14H30N2O. The summed E-state index contributed by atoms with van der Waals surface area (Å²) >= 11 is 0. The molecule has 3 nitrogen and oxygen atoms in total. The van der Waals surface area contributed by atoms with Crippen LogP contribution in [-0.4, -0.2) is 19.0 Å². The van der Waals surface area contributed by atoms with Crippen LogP contribution >= 0.6 is 0 Å². The summed E-state index contributed by atoms with van der Waals surface area (Å²) in [6.45, 7) is 7.92. The van der Waals surface area contributed by atoms with Gasteiger partial charge in [0.05, 0.1) is 0 Å². The van der Waals surface area contributed by atoms with Gasteiger partial charge >= 0.3 is 0 Å². The maximum absolute atomic E-state index is 11.7. The van der Waals surface area contributed by atoms with Gasteiger partial charge in [0.1, 0.15) is 0 Å². The lowest BCUT2D eigenvalue weighted by atomic mass is 9.98. The van der Waals surface area contributed by atoms with E-state index >= 15 is 0 Å². The van der Waals surface area contributed by atoms with Gasteiger partial charge in [-0.15, -0.1) is 0 Å². The number of nitrogens with two attached hydrogens (primary N) is 1. The molecule has 0 rings (SSSR count). The van der Waals surface area contributed by atoms with Crippen molar-refractivity contribution in [3.8, 4) is 0 Å². The van der Waals surface area contributed by atoms with Crippen molar-refractivity contribution >= 4 is 5.91 Å². The van der Waals surface area contributed by atoms with Crippen molar-refractivity contribution < 1.29 is 4.79 Å². The quantitative estimate of drug-likeness (QED) is 0.619. The molecule has 0 aromatic carbocycles. The van der Waals surface area contributed by atoms with Crippen molar-refractivity contribution in [3.05, 3.63) is 0 Å². The number of hydrogen-bond acceptors (Lipinski definition) is 2. The molecule has 0 aliphatic carbocycles. The van der Waals surface area contributed by atoms with Crippen LogP contribution < -0.4 is 11.1 Å². The topological polar surface area (TPSA) is 55.1 Å². The minimum atomic E-state index is 0.164. The molecule has 2 unspecified atom stereocenters. The molecule has 17 heavy (non-hydrogen) atoms. The molecule has 102 valence electrons. The van der Waals surface area contributed by atoms with Crippen LogP contribution in [0.3, 0.4) is 0 Å². The molecule has 0 spiro atoms. The number of carbonyl (C=O) groups excluding carboxylic acids is 1. The van der Waals surface area contributed by atoms with Gasteiger partial charge in [-0.2, -0.15) is 0 Å². The van der Waals surface area contributed by atoms with E-state index in [4.69, 9.17) is 5.73 Å². The third-order valence-electron chi connectivity index (χ3n) is 3.52. The van der Waals surface area contributed by atoms with E-state index in [9.17, 15) is 4.79 Å². The standard InChI is InChI=1S/C14H30N2O/c1-4-7-8-12(5-2)11-16-14(17)9-13(6-3)10-15/h12-13H,4-11,15H2,1-3H3,(H,16,17). The Morgan fingerprint density at radius 1 is 1.18 bits per heavy atom. The molecule has 0 fully saturated rings. The molecular weight excluding hydrogens is 212 g/mol. The van der Waals surface area contributed by atoms with Gasteiger partial charge < -0.3 is 11.1 Å². The average Bonchev–Trinajstić information content (AvgIpc) is 2.36. The predicted molar refractivity (Wildman–Crippen MR) is 73.8 cm³/mol. The van der Waals surface area contributed by atoms with Crippen molar-refractivity contribution in [2.75, 3.05) is 13.1 Å². The van der Waals surface area contributed by atoms with Gasteiger partial charge in [0, 0.05) is 13.0 Å². The van der Waals surface area contributed by atoms with Gasteiger partial charge in [-0.05, 0) is 24.8 Å². The summed E-state index contributed by atoms with van der Waals surface area (Å²) in [4.78, 5) is 11.7. The zero-order valence-electron chi connectivity index (χ0n) is 11.8. The minimum Gasteiger partial charge on any atom is -0.356 e. The molecule has 2 atom stereocenters. The van der Waals surface area contributed by atoms with Crippen LogP contribution in [0.5, 0.6) is 0 Å². The predicted octanol–water partition coefficient (Wildman–Crippen LogP) is 2.69. The first-order valence-corrected chi connectivity index (χ1v) is 7.14. The summed E-state index contributed by atoms with van der Waals surface area (Å²) < 4.78 is 0. The largest absolute Gasteiger partial charge is 0.356 e. The molecule has 0 aromatic heterocycles. The van der Waals surface area contributed by atoms with Gasteiger partial charge in [-0.1, -0.05) is 46.5 Å². The second-order valence-electron chi connectivity index (χ2n) is 4.93. The highest BCUT2D eigenvalue weighted by molar-refractivity contribution is 5.76. The van der Waals surface area contributed by atoms with Crippen molar-refractivity contribution in [1.82, 2.24) is 5.32 Å². The highest BCUT2D eigenvalue weighted by Gasteiger charge is 2.12. The number of amides is 1. The SMILES string of the molecule is CCCCC(CC)CNC(=O)CC(CC)CN. The third kappa shape index (κ3) is 8.19. The van der Waals surface area contributed by atoms with Crippen LogP contribution in [0.2, 0.25) is 0 Å². The fraction of sp³-hybridized carbons (Fsp3) is 0.929. The Morgan fingerprint density at radius 3 is 2.29 bits per heavy atom. The maximum atomic E-state index is 11.7. The molecule has 0 radical (unpaired) electrons. The van der Waals surface area contributed by atoms with Crippen LogP contribution in [0.15, 0.2) is 0 Å². The van der Waals surface area contributed by atoms with E-state index in [2.05, 4.69) is 26.1 Å². The van der Waals surface area contributed by atoms with Crippen molar-refractivity contribution in [2.45, 2.75) is 59.3 Å². The molecule has 3 N–H and O–H groups in total. The molecule has 3 heteroatoms. The molecule has 0 aliphatic heterocycles. The number of hydrogen-bond donors (Lipinski definition) is 2. The summed E-state index contributed by atoms with van der Waals surface area (Å²) in [6.07, 6.45) is 6.42. The summed E-state index contributed by atoms with van der Waals surface area (Å²) in [7, 11) is 0. The van der Waals surface area contributed by atoms with Gasteiger partial charge in [0.25, 0.3) is 0 Å². The van der Waals surface area contributed by atoms with Gasteiger partial charge in [-0.25, -0.2) is 0 Å². The highest BCUT2D eigenvalue weighted by Crippen LogP contribution is 2.12. The first-order valence-electron chi connectivity index (χ1n) is 7.14. The molecule has 0 saturated heterocycles. The summed E-state index contributed by atoms with van der Waals surface area (Å²) in [5.41, 5.74) is 5.60. The average molecular weight is 242 g/mol. The van der Waals surface area contributed by atoms with Crippen LogP contribution in [0.1, 0.15) is 59.3 Å². The van der Waals surface area contributed by atoms with Crippen molar-refractivity contribution in [2.24, 2.45) is 17.6 Å². The van der Waals surface area contributed by atoms with Crippen molar-refractivity contribution in [3.63, 3.8) is 0 Å². The van der Waals surface area contributed by atoms with Crippen molar-refractivity contribution in [1.29, 1.82) is 0 Å².